The number of amides is 1. The Morgan fingerprint density at radius 3 is 2.47 bits per heavy atom. The molecule has 2 N–H and O–H groups in total. The highest BCUT2D eigenvalue weighted by atomic mass is 32.2. The molecule has 2 atom stereocenters. The van der Waals surface area contributed by atoms with Crippen LogP contribution in [0.4, 0.5) is 0 Å². The third-order valence-corrected chi connectivity index (χ3v) is 5.10. The van der Waals surface area contributed by atoms with Gasteiger partial charge in [0, 0.05) is 18.6 Å². The van der Waals surface area contributed by atoms with E-state index in [1.807, 2.05) is 0 Å². The van der Waals surface area contributed by atoms with Gasteiger partial charge in [-0.05, 0) is 19.3 Å². The summed E-state index contributed by atoms with van der Waals surface area (Å²) in [5.41, 5.74) is 0.0296. The number of carbonyl (C=O) groups excluding carboxylic acids is 1. The Bertz CT molecular complexity index is 331. The van der Waals surface area contributed by atoms with E-state index in [1.54, 1.807) is 7.11 Å². The smallest absolute Gasteiger partial charge is 0.313 e. The van der Waals surface area contributed by atoms with E-state index in [0.29, 0.717) is 0 Å². The predicted molar refractivity (Wildman–Crippen MR) is 75.3 cm³/mol. The zero-order valence-corrected chi connectivity index (χ0v) is 12.6. The lowest BCUT2D eigenvalue weighted by molar-refractivity contribution is -0.139. The number of hydrogen-bond acceptors (Lipinski definition) is 4. The van der Waals surface area contributed by atoms with Gasteiger partial charge in [0.1, 0.15) is 0 Å². The van der Waals surface area contributed by atoms with E-state index < -0.39 is 5.97 Å². The fourth-order valence-electron chi connectivity index (χ4n) is 2.95. The molecule has 5 nitrogen and oxygen atoms in total. The number of carboxylic acids is 1. The third kappa shape index (κ3) is 3.63. The van der Waals surface area contributed by atoms with Gasteiger partial charge in [-0.25, -0.2) is 0 Å². The van der Waals surface area contributed by atoms with Gasteiger partial charge in [-0.1, -0.05) is 13.8 Å². The third-order valence-electron chi connectivity index (χ3n) is 4.18. The molecular formula is C13H23NO4S. The Labute approximate surface area is 118 Å². The number of carboxylic acid groups (broad SMARTS) is 1. The zero-order valence-electron chi connectivity index (χ0n) is 11.8. The Hall–Kier alpha value is -0.750. The molecule has 0 aliphatic heterocycles. The molecule has 0 aromatic rings. The quantitative estimate of drug-likeness (QED) is 0.708. The van der Waals surface area contributed by atoms with Crippen molar-refractivity contribution < 1.29 is 19.4 Å². The molecule has 0 aromatic carbocycles. The van der Waals surface area contributed by atoms with E-state index in [9.17, 15) is 9.59 Å². The first-order valence-electron chi connectivity index (χ1n) is 6.61. The maximum absolute atomic E-state index is 11.8. The number of nitrogens with one attached hydrogen (secondary N) is 1. The first-order chi connectivity index (χ1) is 9.00. The topological polar surface area (TPSA) is 75.6 Å². The second-order valence-corrected chi connectivity index (χ2v) is 5.89. The average molecular weight is 289 g/mol. The maximum atomic E-state index is 11.8. The number of thioether (sulfide) groups is 1. The summed E-state index contributed by atoms with van der Waals surface area (Å²) < 4.78 is 5.47. The number of methoxy groups -OCH3 is 1. The normalized spacial score (nSPS) is 24.6. The van der Waals surface area contributed by atoms with Crippen LogP contribution in [0.3, 0.4) is 0 Å². The minimum Gasteiger partial charge on any atom is -0.481 e. The van der Waals surface area contributed by atoms with E-state index in [-0.39, 0.29) is 35.0 Å². The average Bonchev–Trinajstić information content (AvgIpc) is 2.35. The molecule has 0 bridgehead atoms. The second kappa shape index (κ2) is 7.14. The van der Waals surface area contributed by atoms with E-state index >= 15 is 0 Å². The van der Waals surface area contributed by atoms with Crippen molar-refractivity contribution in [2.45, 2.75) is 45.3 Å². The molecule has 1 amide bonds. The first-order valence-corrected chi connectivity index (χ1v) is 7.77. The summed E-state index contributed by atoms with van der Waals surface area (Å²) in [6, 6.07) is 0.144. The Kier molecular flexibility index (Phi) is 6.13. The van der Waals surface area contributed by atoms with Crippen LogP contribution in [0.5, 0.6) is 0 Å². The molecule has 0 aromatic heterocycles. The number of aliphatic carboxylic acids is 1. The highest BCUT2D eigenvalue weighted by molar-refractivity contribution is 8.00. The van der Waals surface area contributed by atoms with Crippen molar-refractivity contribution in [3.05, 3.63) is 0 Å². The summed E-state index contributed by atoms with van der Waals surface area (Å²) in [7, 11) is 1.71. The van der Waals surface area contributed by atoms with E-state index in [1.165, 1.54) is 0 Å². The molecule has 1 aliphatic carbocycles. The summed E-state index contributed by atoms with van der Waals surface area (Å²) in [6.45, 7) is 4.24. The highest BCUT2D eigenvalue weighted by Crippen LogP contribution is 2.48. The minimum absolute atomic E-state index is 0.0296. The summed E-state index contributed by atoms with van der Waals surface area (Å²) in [5.74, 6) is -0.815. The molecular weight excluding hydrogens is 266 g/mol. The Balaban J connectivity index is 2.44. The van der Waals surface area contributed by atoms with Crippen molar-refractivity contribution in [1.82, 2.24) is 5.32 Å². The predicted octanol–water partition coefficient (Wildman–Crippen LogP) is 1.51. The molecule has 0 heterocycles. The van der Waals surface area contributed by atoms with Gasteiger partial charge in [-0.2, -0.15) is 0 Å². The van der Waals surface area contributed by atoms with Crippen LogP contribution in [0.25, 0.3) is 0 Å². The molecule has 0 spiro atoms. The summed E-state index contributed by atoms with van der Waals surface area (Å²) in [6.07, 6.45) is 2.98. The first kappa shape index (κ1) is 16.3. The summed E-state index contributed by atoms with van der Waals surface area (Å²) in [5, 5.41) is 11.5. The molecule has 6 heteroatoms. The lowest BCUT2D eigenvalue weighted by atomic mass is 9.58. The largest absolute Gasteiger partial charge is 0.481 e. The number of ether oxygens (including phenoxy) is 1. The van der Waals surface area contributed by atoms with Crippen LogP contribution < -0.4 is 5.32 Å². The molecule has 1 rings (SSSR count). The highest BCUT2D eigenvalue weighted by Gasteiger charge is 2.53. The van der Waals surface area contributed by atoms with Crippen molar-refractivity contribution in [3.63, 3.8) is 0 Å². The van der Waals surface area contributed by atoms with Crippen LogP contribution >= 0.6 is 11.8 Å². The van der Waals surface area contributed by atoms with Gasteiger partial charge in [0.25, 0.3) is 0 Å². The van der Waals surface area contributed by atoms with Crippen molar-refractivity contribution in [1.29, 1.82) is 0 Å². The van der Waals surface area contributed by atoms with Crippen molar-refractivity contribution in [2.75, 3.05) is 18.6 Å². The lowest BCUT2D eigenvalue weighted by Crippen LogP contribution is -2.64. The van der Waals surface area contributed by atoms with Gasteiger partial charge in [0.05, 0.1) is 17.6 Å². The SMILES string of the molecule is CCC1(CC)C(NC(=O)CSCC(=O)O)CC1OC. The second-order valence-electron chi connectivity index (χ2n) is 4.91. The van der Waals surface area contributed by atoms with Crippen LogP contribution in [-0.2, 0) is 14.3 Å². The Morgan fingerprint density at radius 2 is 2.00 bits per heavy atom. The van der Waals surface area contributed by atoms with Crippen molar-refractivity contribution in [2.24, 2.45) is 5.41 Å². The molecule has 1 saturated carbocycles. The van der Waals surface area contributed by atoms with Gasteiger partial charge in [0.15, 0.2) is 0 Å². The van der Waals surface area contributed by atoms with Gasteiger partial charge in [-0.15, -0.1) is 11.8 Å². The van der Waals surface area contributed by atoms with Gasteiger partial charge >= 0.3 is 5.97 Å². The van der Waals surface area contributed by atoms with Gasteiger partial charge < -0.3 is 15.2 Å². The molecule has 2 unspecified atom stereocenters. The molecule has 110 valence electrons. The van der Waals surface area contributed by atoms with E-state index in [4.69, 9.17) is 9.84 Å². The van der Waals surface area contributed by atoms with E-state index in [0.717, 1.165) is 31.0 Å². The maximum Gasteiger partial charge on any atom is 0.313 e. The van der Waals surface area contributed by atoms with Crippen molar-refractivity contribution >= 4 is 23.6 Å². The molecule has 1 aliphatic rings. The molecule has 19 heavy (non-hydrogen) atoms. The number of carbonyl (C=O) groups is 2. The standard InChI is InChI=1S/C13H23NO4S/c1-4-13(5-2)9(6-10(13)18-3)14-11(15)7-19-8-12(16)17/h9-10H,4-8H2,1-3H3,(H,14,15)(H,16,17). The minimum atomic E-state index is -0.891. The van der Waals surface area contributed by atoms with Crippen molar-refractivity contribution in [3.8, 4) is 0 Å². The van der Waals surface area contributed by atoms with Crippen LogP contribution in [0.2, 0.25) is 0 Å². The summed E-state index contributed by atoms with van der Waals surface area (Å²) in [4.78, 5) is 22.2. The van der Waals surface area contributed by atoms with Crippen LogP contribution in [-0.4, -0.2) is 47.7 Å². The molecule has 1 fully saturated rings. The zero-order chi connectivity index (χ0) is 14.5. The monoisotopic (exact) mass is 289 g/mol. The van der Waals surface area contributed by atoms with Gasteiger partial charge in [0.2, 0.25) is 5.91 Å². The number of hydrogen-bond donors (Lipinski definition) is 2. The van der Waals surface area contributed by atoms with Crippen LogP contribution in [0.1, 0.15) is 33.1 Å². The molecule has 0 saturated heterocycles. The fourth-order valence-corrected chi connectivity index (χ4v) is 3.49. The lowest BCUT2D eigenvalue weighted by Gasteiger charge is -2.55. The fraction of sp³-hybridized carbons (Fsp3) is 0.846. The Morgan fingerprint density at radius 1 is 1.37 bits per heavy atom. The van der Waals surface area contributed by atoms with Crippen LogP contribution in [0.15, 0.2) is 0 Å². The summed E-state index contributed by atoms with van der Waals surface area (Å²) >= 11 is 1.13. The van der Waals surface area contributed by atoms with Gasteiger partial charge in [-0.3, -0.25) is 9.59 Å². The molecule has 0 radical (unpaired) electrons. The van der Waals surface area contributed by atoms with E-state index in [2.05, 4.69) is 19.2 Å². The number of rotatable bonds is 8. The van der Waals surface area contributed by atoms with Crippen LogP contribution in [0, 0.1) is 5.41 Å².